The number of hydrogen-bond donors (Lipinski definition) is 0. The Morgan fingerprint density at radius 3 is 2.62 bits per heavy atom. The molecule has 16 heavy (non-hydrogen) atoms. The summed E-state index contributed by atoms with van der Waals surface area (Å²) in [6, 6.07) is 4.16. The van der Waals surface area contributed by atoms with Crippen molar-refractivity contribution in [2.24, 2.45) is 0 Å². The van der Waals surface area contributed by atoms with Crippen LogP contribution in [0.15, 0.2) is 31.9 Å². The third-order valence-electron chi connectivity index (χ3n) is 1.83. The van der Waals surface area contributed by atoms with Crippen LogP contribution in [-0.4, -0.2) is 4.98 Å². The van der Waals surface area contributed by atoms with Gasteiger partial charge in [-0.05, 0) is 18.2 Å². The maximum absolute atomic E-state index is 12.3. The molecule has 7 heteroatoms. The topological polar surface area (TPSA) is 43.1 Å². The Labute approximate surface area is 95.0 Å². The van der Waals surface area contributed by atoms with Crippen LogP contribution in [0, 0.1) is 0 Å². The van der Waals surface area contributed by atoms with Crippen LogP contribution in [0.3, 0.4) is 0 Å². The van der Waals surface area contributed by atoms with Crippen molar-refractivity contribution >= 4 is 26.8 Å². The average molecular weight is 294 g/mol. The Bertz CT molecular complexity index is 606. The molecule has 1 aromatic heterocycles. The summed E-state index contributed by atoms with van der Waals surface area (Å²) >= 11 is 3.09. The minimum atomic E-state index is -4.76. The molecule has 0 saturated carbocycles. The maximum atomic E-state index is 12.3. The quantitative estimate of drug-likeness (QED) is 0.750. The summed E-state index contributed by atoms with van der Waals surface area (Å²) in [4.78, 5) is 14.5. The van der Waals surface area contributed by atoms with Gasteiger partial charge in [0.2, 0.25) is 0 Å². The fourth-order valence-corrected chi connectivity index (χ4v) is 1.53. The van der Waals surface area contributed by atoms with Gasteiger partial charge in [-0.2, -0.15) is 13.2 Å². The molecule has 0 aliphatic rings. The predicted octanol–water partition coefficient (Wildman–Crippen LogP) is 2.97. The second-order valence-electron chi connectivity index (χ2n) is 2.97. The van der Waals surface area contributed by atoms with Crippen molar-refractivity contribution in [3.8, 4) is 0 Å². The second-order valence-corrected chi connectivity index (χ2v) is 3.88. The van der Waals surface area contributed by atoms with E-state index in [0.717, 1.165) is 0 Å². The smallest absolute Gasteiger partial charge is 0.398 e. The Balaban J connectivity index is 2.79. The fraction of sp³-hybridized carbons (Fsp3) is 0.111. The van der Waals surface area contributed by atoms with Crippen molar-refractivity contribution in [1.29, 1.82) is 0 Å². The SMILES string of the molecule is O=c1oc(C(F)(F)F)nc2ccc(Br)cc12. The minimum absolute atomic E-state index is 0.00220. The number of rotatable bonds is 0. The van der Waals surface area contributed by atoms with Crippen LogP contribution in [0.25, 0.3) is 10.9 Å². The van der Waals surface area contributed by atoms with Gasteiger partial charge in [0.1, 0.15) is 0 Å². The molecule has 0 atom stereocenters. The van der Waals surface area contributed by atoms with Crippen molar-refractivity contribution in [2.75, 3.05) is 0 Å². The highest BCUT2D eigenvalue weighted by molar-refractivity contribution is 9.10. The number of hydrogen-bond acceptors (Lipinski definition) is 3. The van der Waals surface area contributed by atoms with E-state index in [4.69, 9.17) is 0 Å². The molecule has 1 aromatic carbocycles. The van der Waals surface area contributed by atoms with Gasteiger partial charge in [0, 0.05) is 4.47 Å². The summed E-state index contributed by atoms with van der Waals surface area (Å²) in [7, 11) is 0. The zero-order valence-electron chi connectivity index (χ0n) is 7.51. The molecule has 84 valence electrons. The molecule has 0 spiro atoms. The van der Waals surface area contributed by atoms with E-state index in [1.807, 2.05) is 0 Å². The summed E-state index contributed by atoms with van der Waals surface area (Å²) in [5, 5.41) is 0.00220. The Morgan fingerprint density at radius 2 is 2.00 bits per heavy atom. The number of alkyl halides is 3. The first kappa shape index (κ1) is 11.1. The normalized spacial score (nSPS) is 12.0. The minimum Gasteiger partial charge on any atom is -0.398 e. The van der Waals surface area contributed by atoms with E-state index >= 15 is 0 Å². The van der Waals surface area contributed by atoms with Gasteiger partial charge in [-0.25, -0.2) is 9.78 Å². The highest BCUT2D eigenvalue weighted by atomic mass is 79.9. The van der Waals surface area contributed by atoms with E-state index in [1.165, 1.54) is 18.2 Å². The van der Waals surface area contributed by atoms with Crippen LogP contribution in [0.1, 0.15) is 5.89 Å². The zero-order valence-corrected chi connectivity index (χ0v) is 9.09. The molecular weight excluding hydrogens is 291 g/mol. The molecule has 0 amide bonds. The van der Waals surface area contributed by atoms with E-state index in [1.54, 1.807) is 0 Å². The first-order valence-electron chi connectivity index (χ1n) is 4.05. The lowest BCUT2D eigenvalue weighted by Gasteiger charge is -2.04. The van der Waals surface area contributed by atoms with Crippen molar-refractivity contribution < 1.29 is 17.6 Å². The van der Waals surface area contributed by atoms with Gasteiger partial charge in [-0.3, -0.25) is 0 Å². The van der Waals surface area contributed by atoms with Crippen LogP contribution >= 0.6 is 15.9 Å². The third kappa shape index (κ3) is 1.95. The standard InChI is InChI=1S/C9H3BrF3NO2/c10-4-1-2-6-5(3-4)7(15)16-8(14-6)9(11,12)13/h1-3H. The monoisotopic (exact) mass is 293 g/mol. The van der Waals surface area contributed by atoms with Gasteiger partial charge >= 0.3 is 17.7 Å². The molecule has 2 aromatic rings. The fourth-order valence-electron chi connectivity index (χ4n) is 1.17. The van der Waals surface area contributed by atoms with Gasteiger partial charge in [0.15, 0.2) is 0 Å². The van der Waals surface area contributed by atoms with Gasteiger partial charge in [0.25, 0.3) is 0 Å². The van der Waals surface area contributed by atoms with Crippen LogP contribution in [0.5, 0.6) is 0 Å². The second kappa shape index (κ2) is 3.58. The first-order valence-corrected chi connectivity index (χ1v) is 4.85. The molecule has 0 saturated heterocycles. The molecule has 0 aliphatic carbocycles. The zero-order chi connectivity index (χ0) is 11.9. The molecule has 0 unspecified atom stereocenters. The van der Waals surface area contributed by atoms with E-state index in [9.17, 15) is 18.0 Å². The molecule has 0 radical (unpaired) electrons. The summed E-state index contributed by atoms with van der Waals surface area (Å²) in [5.74, 6) is -1.53. The van der Waals surface area contributed by atoms with Crippen molar-refractivity contribution in [1.82, 2.24) is 4.98 Å². The van der Waals surface area contributed by atoms with E-state index in [0.29, 0.717) is 4.47 Å². The number of nitrogens with zero attached hydrogens (tertiary/aromatic N) is 1. The van der Waals surface area contributed by atoms with Crippen LogP contribution in [-0.2, 0) is 6.18 Å². The summed E-state index contributed by atoms with van der Waals surface area (Å²) < 4.78 is 41.5. The van der Waals surface area contributed by atoms with E-state index in [-0.39, 0.29) is 10.9 Å². The average Bonchev–Trinajstić information content (AvgIpc) is 2.17. The van der Waals surface area contributed by atoms with Gasteiger partial charge < -0.3 is 4.42 Å². The first-order chi connectivity index (χ1) is 7.38. The van der Waals surface area contributed by atoms with Crippen molar-refractivity contribution in [3.63, 3.8) is 0 Å². The highest BCUT2D eigenvalue weighted by Crippen LogP contribution is 2.28. The van der Waals surface area contributed by atoms with Crippen molar-refractivity contribution in [3.05, 3.63) is 39.0 Å². The van der Waals surface area contributed by atoms with Gasteiger partial charge in [-0.15, -0.1) is 0 Å². The van der Waals surface area contributed by atoms with Crippen LogP contribution in [0.2, 0.25) is 0 Å². The number of aromatic nitrogens is 1. The van der Waals surface area contributed by atoms with Crippen LogP contribution < -0.4 is 5.63 Å². The lowest BCUT2D eigenvalue weighted by Crippen LogP contribution is -2.13. The number of fused-ring (bicyclic) bond motifs is 1. The summed E-state index contributed by atoms with van der Waals surface area (Å²) in [6.07, 6.45) is -4.76. The molecular formula is C9H3BrF3NO2. The molecule has 0 bridgehead atoms. The number of benzene rings is 1. The third-order valence-corrected chi connectivity index (χ3v) is 2.33. The molecule has 2 rings (SSSR count). The maximum Gasteiger partial charge on any atom is 0.469 e. The predicted molar refractivity (Wildman–Crippen MR) is 53.0 cm³/mol. The molecule has 0 fully saturated rings. The Hall–Kier alpha value is -1.37. The molecule has 0 aliphatic heterocycles. The van der Waals surface area contributed by atoms with Crippen molar-refractivity contribution in [2.45, 2.75) is 6.18 Å². The highest BCUT2D eigenvalue weighted by Gasteiger charge is 2.37. The van der Waals surface area contributed by atoms with E-state index < -0.39 is 17.7 Å². The lowest BCUT2D eigenvalue weighted by molar-refractivity contribution is -0.158. The molecule has 1 heterocycles. The number of halogens is 4. The van der Waals surface area contributed by atoms with E-state index in [2.05, 4.69) is 25.3 Å². The summed E-state index contributed by atoms with van der Waals surface area (Å²) in [6.45, 7) is 0. The molecule has 0 N–H and O–H groups in total. The molecule has 3 nitrogen and oxygen atoms in total. The van der Waals surface area contributed by atoms with Gasteiger partial charge in [0.05, 0.1) is 10.9 Å². The Kier molecular flexibility index (Phi) is 2.49. The largest absolute Gasteiger partial charge is 0.469 e. The van der Waals surface area contributed by atoms with Gasteiger partial charge in [-0.1, -0.05) is 15.9 Å². The van der Waals surface area contributed by atoms with Crippen LogP contribution in [0.4, 0.5) is 13.2 Å². The Morgan fingerprint density at radius 1 is 1.31 bits per heavy atom. The summed E-state index contributed by atoms with van der Waals surface area (Å²) in [5.41, 5.74) is -1.11. The lowest BCUT2D eigenvalue weighted by atomic mass is 10.2.